The average Bonchev–Trinajstić information content (AvgIpc) is 2.77. The quantitative estimate of drug-likeness (QED) is 0.835. The third-order valence-electron chi connectivity index (χ3n) is 4.06. The monoisotopic (exact) mass is 275 g/mol. The van der Waals surface area contributed by atoms with E-state index in [9.17, 15) is 4.79 Å². The van der Waals surface area contributed by atoms with Crippen LogP contribution in [0.1, 0.15) is 30.3 Å². The minimum atomic E-state index is 0.0941. The van der Waals surface area contributed by atoms with E-state index in [0.29, 0.717) is 19.1 Å². The lowest BCUT2D eigenvalue weighted by Crippen LogP contribution is -2.42. The third-order valence-corrected chi connectivity index (χ3v) is 4.06. The number of hydrogen-bond donors (Lipinski definition) is 1. The van der Waals surface area contributed by atoms with E-state index in [1.54, 1.807) is 6.08 Å². The molecular formula is C16H25N3O. The van der Waals surface area contributed by atoms with E-state index < -0.39 is 0 Å². The second-order valence-corrected chi connectivity index (χ2v) is 5.59. The first kappa shape index (κ1) is 14.9. The Kier molecular flexibility index (Phi) is 5.01. The lowest BCUT2D eigenvalue weighted by atomic mass is 10.0. The first-order chi connectivity index (χ1) is 9.61. The van der Waals surface area contributed by atoms with Gasteiger partial charge in [0.1, 0.15) is 0 Å². The molecule has 4 heteroatoms. The van der Waals surface area contributed by atoms with E-state index in [2.05, 4.69) is 47.3 Å². The lowest BCUT2D eigenvalue weighted by molar-refractivity contribution is -0.122. The zero-order valence-corrected chi connectivity index (χ0v) is 12.6. The summed E-state index contributed by atoms with van der Waals surface area (Å²) in [5, 5.41) is 2.83. The fourth-order valence-electron chi connectivity index (χ4n) is 3.04. The standard InChI is InChI=1S/C16H25N3O/c1-4-9-17-16(20)12-18-10-7-15(8-11-18)19-13(2)5-6-14(19)3/h4-6,15H,1,7-12H2,2-3H3,(H,17,20). The molecule has 1 amide bonds. The van der Waals surface area contributed by atoms with Crippen molar-refractivity contribution in [2.75, 3.05) is 26.2 Å². The predicted octanol–water partition coefficient (Wildman–Crippen LogP) is 2.04. The summed E-state index contributed by atoms with van der Waals surface area (Å²) in [5.74, 6) is 0.0941. The van der Waals surface area contributed by atoms with Crippen molar-refractivity contribution in [1.29, 1.82) is 0 Å². The van der Waals surface area contributed by atoms with E-state index in [1.165, 1.54) is 11.4 Å². The first-order valence-electron chi connectivity index (χ1n) is 7.36. The van der Waals surface area contributed by atoms with Crippen LogP contribution in [0.3, 0.4) is 0 Å². The molecule has 2 heterocycles. The van der Waals surface area contributed by atoms with Gasteiger partial charge in [0.25, 0.3) is 0 Å². The number of hydrogen-bond acceptors (Lipinski definition) is 2. The summed E-state index contributed by atoms with van der Waals surface area (Å²) >= 11 is 0. The summed E-state index contributed by atoms with van der Waals surface area (Å²) in [6.45, 7) is 11.0. The van der Waals surface area contributed by atoms with Gasteiger partial charge in [0.15, 0.2) is 0 Å². The van der Waals surface area contributed by atoms with E-state index in [1.807, 2.05) is 0 Å². The Morgan fingerprint density at radius 2 is 1.95 bits per heavy atom. The highest BCUT2D eigenvalue weighted by Crippen LogP contribution is 2.26. The van der Waals surface area contributed by atoms with Crippen LogP contribution >= 0.6 is 0 Å². The van der Waals surface area contributed by atoms with Gasteiger partial charge in [-0.15, -0.1) is 6.58 Å². The fourth-order valence-corrected chi connectivity index (χ4v) is 3.04. The van der Waals surface area contributed by atoms with Crippen LogP contribution in [0, 0.1) is 13.8 Å². The van der Waals surface area contributed by atoms with Crippen molar-refractivity contribution in [3.63, 3.8) is 0 Å². The Hall–Kier alpha value is -1.55. The number of aryl methyl sites for hydroxylation is 2. The Morgan fingerprint density at radius 1 is 1.35 bits per heavy atom. The molecule has 2 rings (SSSR count). The van der Waals surface area contributed by atoms with Crippen molar-refractivity contribution in [2.24, 2.45) is 0 Å². The minimum absolute atomic E-state index is 0.0941. The molecule has 0 radical (unpaired) electrons. The van der Waals surface area contributed by atoms with Crippen LogP contribution in [0.15, 0.2) is 24.8 Å². The van der Waals surface area contributed by atoms with E-state index in [0.717, 1.165) is 25.9 Å². The molecule has 0 spiro atoms. The molecule has 0 saturated carbocycles. The molecule has 0 aliphatic carbocycles. The molecule has 4 nitrogen and oxygen atoms in total. The van der Waals surface area contributed by atoms with Gasteiger partial charge in [-0.05, 0) is 38.8 Å². The molecule has 1 fully saturated rings. The van der Waals surface area contributed by atoms with Crippen LogP contribution in [0.5, 0.6) is 0 Å². The Balaban J connectivity index is 1.83. The highest BCUT2D eigenvalue weighted by Gasteiger charge is 2.23. The van der Waals surface area contributed by atoms with Gasteiger partial charge in [-0.2, -0.15) is 0 Å². The van der Waals surface area contributed by atoms with Crippen LogP contribution in [0.2, 0.25) is 0 Å². The van der Waals surface area contributed by atoms with Gasteiger partial charge in [-0.3, -0.25) is 9.69 Å². The van der Waals surface area contributed by atoms with Crippen molar-refractivity contribution in [3.05, 3.63) is 36.2 Å². The van der Waals surface area contributed by atoms with E-state index in [-0.39, 0.29) is 5.91 Å². The van der Waals surface area contributed by atoms with Gasteiger partial charge in [-0.25, -0.2) is 0 Å². The van der Waals surface area contributed by atoms with Crippen LogP contribution in [0.4, 0.5) is 0 Å². The number of carbonyl (C=O) groups excluding carboxylic acids is 1. The molecule has 1 N–H and O–H groups in total. The molecular weight excluding hydrogens is 250 g/mol. The number of amides is 1. The highest BCUT2D eigenvalue weighted by molar-refractivity contribution is 5.78. The zero-order valence-electron chi connectivity index (χ0n) is 12.6. The van der Waals surface area contributed by atoms with Gasteiger partial charge < -0.3 is 9.88 Å². The first-order valence-corrected chi connectivity index (χ1v) is 7.36. The summed E-state index contributed by atoms with van der Waals surface area (Å²) in [6.07, 6.45) is 3.94. The molecule has 0 bridgehead atoms. The summed E-state index contributed by atoms with van der Waals surface area (Å²) in [4.78, 5) is 13.9. The highest BCUT2D eigenvalue weighted by atomic mass is 16.2. The maximum absolute atomic E-state index is 11.7. The Morgan fingerprint density at radius 3 is 2.50 bits per heavy atom. The third kappa shape index (κ3) is 3.51. The minimum Gasteiger partial charge on any atom is -0.352 e. The smallest absolute Gasteiger partial charge is 0.234 e. The summed E-state index contributed by atoms with van der Waals surface area (Å²) in [5.41, 5.74) is 2.68. The zero-order chi connectivity index (χ0) is 14.5. The topological polar surface area (TPSA) is 37.3 Å². The van der Waals surface area contributed by atoms with Crippen molar-refractivity contribution in [3.8, 4) is 0 Å². The molecule has 1 aromatic heterocycles. The molecule has 1 saturated heterocycles. The second-order valence-electron chi connectivity index (χ2n) is 5.59. The maximum atomic E-state index is 11.7. The average molecular weight is 275 g/mol. The number of carbonyl (C=O) groups is 1. The normalized spacial score (nSPS) is 17.1. The molecule has 1 aliphatic heterocycles. The van der Waals surface area contributed by atoms with E-state index in [4.69, 9.17) is 0 Å². The molecule has 20 heavy (non-hydrogen) atoms. The fraction of sp³-hybridized carbons (Fsp3) is 0.562. The number of nitrogens with one attached hydrogen (secondary N) is 1. The predicted molar refractivity (Wildman–Crippen MR) is 81.8 cm³/mol. The van der Waals surface area contributed by atoms with Crippen LogP contribution in [0.25, 0.3) is 0 Å². The number of aromatic nitrogens is 1. The second kappa shape index (κ2) is 6.75. The van der Waals surface area contributed by atoms with Gasteiger partial charge in [0, 0.05) is 37.1 Å². The Labute approximate surface area is 121 Å². The van der Waals surface area contributed by atoms with Gasteiger partial charge >= 0.3 is 0 Å². The maximum Gasteiger partial charge on any atom is 0.234 e. The largest absolute Gasteiger partial charge is 0.352 e. The summed E-state index contributed by atoms with van der Waals surface area (Å²) in [6, 6.07) is 4.95. The Bertz CT molecular complexity index is 451. The number of likely N-dealkylation sites (tertiary alicyclic amines) is 1. The van der Waals surface area contributed by atoms with Crippen molar-refractivity contribution in [1.82, 2.24) is 14.8 Å². The van der Waals surface area contributed by atoms with Gasteiger partial charge in [-0.1, -0.05) is 6.08 Å². The molecule has 110 valence electrons. The molecule has 0 atom stereocenters. The number of nitrogens with zero attached hydrogens (tertiary/aromatic N) is 2. The summed E-state index contributed by atoms with van der Waals surface area (Å²) in [7, 11) is 0. The molecule has 0 aromatic carbocycles. The van der Waals surface area contributed by atoms with Crippen molar-refractivity contribution >= 4 is 5.91 Å². The summed E-state index contributed by atoms with van der Waals surface area (Å²) < 4.78 is 2.44. The lowest BCUT2D eigenvalue weighted by Gasteiger charge is -2.33. The van der Waals surface area contributed by atoms with Gasteiger partial charge in [0.2, 0.25) is 5.91 Å². The molecule has 1 aliphatic rings. The van der Waals surface area contributed by atoms with Crippen molar-refractivity contribution < 1.29 is 4.79 Å². The van der Waals surface area contributed by atoms with Crippen LogP contribution in [-0.2, 0) is 4.79 Å². The SMILES string of the molecule is C=CCNC(=O)CN1CCC(n2c(C)ccc2C)CC1. The van der Waals surface area contributed by atoms with Crippen molar-refractivity contribution in [2.45, 2.75) is 32.7 Å². The number of piperidine rings is 1. The molecule has 0 unspecified atom stereocenters. The van der Waals surface area contributed by atoms with E-state index >= 15 is 0 Å². The van der Waals surface area contributed by atoms with Crippen LogP contribution in [-0.4, -0.2) is 41.6 Å². The molecule has 1 aromatic rings. The van der Waals surface area contributed by atoms with Crippen LogP contribution < -0.4 is 5.32 Å². The number of rotatable bonds is 5. The van der Waals surface area contributed by atoms with Gasteiger partial charge in [0.05, 0.1) is 6.54 Å².